The van der Waals surface area contributed by atoms with Crippen LogP contribution in [0.3, 0.4) is 0 Å². The second-order valence-electron chi connectivity index (χ2n) is 14.8. The Bertz CT molecular complexity index is 3040. The van der Waals surface area contributed by atoms with Gasteiger partial charge in [-0.1, -0.05) is 152 Å². The Kier molecular flexibility index (Phi) is 7.41. The zero-order valence-corrected chi connectivity index (χ0v) is 30.4. The summed E-state index contributed by atoms with van der Waals surface area (Å²) in [6.45, 7) is 0. The molecule has 0 fully saturated rings. The van der Waals surface area contributed by atoms with E-state index in [0.29, 0.717) is 0 Å². The normalized spacial score (nSPS) is 15.2. The highest BCUT2D eigenvalue weighted by atomic mass is 15.0. The van der Waals surface area contributed by atoms with Crippen LogP contribution in [-0.4, -0.2) is 4.57 Å². The Morgan fingerprint density at radius 1 is 0.527 bits per heavy atom. The number of nitrogens with zero attached hydrogens (tertiary/aromatic N) is 1. The summed E-state index contributed by atoms with van der Waals surface area (Å²) in [6.07, 6.45) is 11.5. The molecule has 1 aromatic heterocycles. The maximum atomic E-state index is 3.92. The smallest absolute Gasteiger partial charge is 0.0707 e. The van der Waals surface area contributed by atoms with Crippen molar-refractivity contribution in [2.45, 2.75) is 18.9 Å². The lowest BCUT2D eigenvalue weighted by molar-refractivity contribution is 0.768. The molecule has 0 spiro atoms. The number of allylic oxidation sites excluding steroid dienone is 3. The summed E-state index contributed by atoms with van der Waals surface area (Å²) in [5.74, 6) is 0. The van der Waals surface area contributed by atoms with Gasteiger partial charge in [0.1, 0.15) is 0 Å². The van der Waals surface area contributed by atoms with Crippen LogP contribution in [0, 0.1) is 0 Å². The standard InChI is InChI=1S/C53H38N2/c1-4-15-35(16-5-1)39-32-49(36-17-6-2-7-18-36)54-50(33-39)38-28-30-47-48(31-38)43-22-11-10-21-42(43)46-25-14-24-41(53(46)47)37-27-29-45-44-23-12-13-26-51(44)55(52(45)34-37)40-19-8-3-9-20-40/h1-10,12-21,23-34,50,54H,11,22H2. The van der Waals surface area contributed by atoms with Crippen LogP contribution in [0.5, 0.6) is 0 Å². The molecule has 1 atom stereocenters. The fraction of sp³-hybridized carbons (Fsp3) is 0.0566. The number of dihydropyridines is 1. The molecule has 2 heteroatoms. The molecule has 8 aromatic carbocycles. The SMILES string of the molecule is C1=Cc2c(c3cc(C4C=C(c5ccccc5)C=C(c5ccccc5)N4)ccc3c3c(-c4ccc5c6ccccc6n(-c6ccccc6)c5c4)cccc23)CC1. The Hall–Kier alpha value is -6.90. The lowest BCUT2D eigenvalue weighted by Gasteiger charge is -2.27. The maximum absolute atomic E-state index is 3.92. The molecule has 9 aromatic rings. The van der Waals surface area contributed by atoms with Gasteiger partial charge in [-0.2, -0.15) is 0 Å². The predicted octanol–water partition coefficient (Wildman–Crippen LogP) is 13.5. The highest BCUT2D eigenvalue weighted by Gasteiger charge is 2.23. The molecule has 55 heavy (non-hydrogen) atoms. The van der Waals surface area contributed by atoms with Crippen molar-refractivity contribution in [3.05, 3.63) is 216 Å². The average Bonchev–Trinajstić information content (AvgIpc) is 3.60. The van der Waals surface area contributed by atoms with E-state index in [1.54, 1.807) is 0 Å². The summed E-state index contributed by atoms with van der Waals surface area (Å²) in [5.41, 5.74) is 15.0. The molecule has 2 aliphatic rings. The second-order valence-corrected chi connectivity index (χ2v) is 14.8. The fourth-order valence-corrected chi connectivity index (χ4v) is 9.13. The molecule has 2 heterocycles. The first-order valence-corrected chi connectivity index (χ1v) is 19.4. The van der Waals surface area contributed by atoms with Crippen LogP contribution >= 0.6 is 0 Å². The fourth-order valence-electron chi connectivity index (χ4n) is 9.13. The topological polar surface area (TPSA) is 17.0 Å². The van der Waals surface area contributed by atoms with Crippen molar-refractivity contribution in [1.29, 1.82) is 0 Å². The van der Waals surface area contributed by atoms with Gasteiger partial charge in [-0.3, -0.25) is 0 Å². The number of hydrogen-bond donors (Lipinski definition) is 1. The molecule has 1 unspecified atom stereocenters. The van der Waals surface area contributed by atoms with Crippen LogP contribution in [0.15, 0.2) is 188 Å². The third-order valence-corrected chi connectivity index (χ3v) is 11.7. The van der Waals surface area contributed by atoms with Crippen LogP contribution in [0.2, 0.25) is 0 Å². The summed E-state index contributed by atoms with van der Waals surface area (Å²) >= 11 is 0. The highest BCUT2D eigenvalue weighted by Crippen LogP contribution is 2.44. The first-order valence-electron chi connectivity index (χ1n) is 19.4. The van der Waals surface area contributed by atoms with E-state index in [0.717, 1.165) is 18.5 Å². The summed E-state index contributed by atoms with van der Waals surface area (Å²) < 4.78 is 2.42. The van der Waals surface area contributed by atoms with Gasteiger partial charge in [-0.15, -0.1) is 0 Å². The minimum absolute atomic E-state index is 0.0165. The van der Waals surface area contributed by atoms with Gasteiger partial charge in [0.05, 0.1) is 17.1 Å². The van der Waals surface area contributed by atoms with Crippen molar-refractivity contribution in [1.82, 2.24) is 9.88 Å². The minimum Gasteiger partial charge on any atom is -0.374 e. The maximum Gasteiger partial charge on any atom is 0.0707 e. The molecular formula is C53H38N2. The lowest BCUT2D eigenvalue weighted by Crippen LogP contribution is -2.21. The molecule has 0 radical (unpaired) electrons. The molecule has 1 aliphatic carbocycles. The second kappa shape index (κ2) is 12.9. The molecule has 11 rings (SSSR count). The number of para-hydroxylation sites is 2. The molecular weight excluding hydrogens is 665 g/mol. The molecule has 0 saturated heterocycles. The van der Waals surface area contributed by atoms with E-state index in [1.165, 1.54) is 93.6 Å². The molecule has 260 valence electrons. The summed E-state index contributed by atoms with van der Waals surface area (Å²) in [7, 11) is 0. The van der Waals surface area contributed by atoms with Crippen LogP contribution < -0.4 is 5.32 Å². The quantitative estimate of drug-likeness (QED) is 0.177. The zero-order chi connectivity index (χ0) is 36.3. The van der Waals surface area contributed by atoms with Gasteiger partial charge in [-0.05, 0) is 121 Å². The average molecular weight is 703 g/mol. The van der Waals surface area contributed by atoms with E-state index in [4.69, 9.17) is 0 Å². The van der Waals surface area contributed by atoms with Crippen LogP contribution in [-0.2, 0) is 6.42 Å². The van der Waals surface area contributed by atoms with Gasteiger partial charge in [0.15, 0.2) is 0 Å². The van der Waals surface area contributed by atoms with E-state index in [2.05, 4.69) is 204 Å². The monoisotopic (exact) mass is 702 g/mol. The summed E-state index contributed by atoms with van der Waals surface area (Å²) in [4.78, 5) is 0. The van der Waals surface area contributed by atoms with Gasteiger partial charge in [0.25, 0.3) is 0 Å². The third-order valence-electron chi connectivity index (χ3n) is 11.7. The number of hydrogen-bond acceptors (Lipinski definition) is 1. The van der Waals surface area contributed by atoms with E-state index >= 15 is 0 Å². The first-order chi connectivity index (χ1) is 27.3. The third kappa shape index (κ3) is 5.25. The molecule has 1 N–H and O–H groups in total. The van der Waals surface area contributed by atoms with Crippen molar-refractivity contribution in [2.75, 3.05) is 0 Å². The molecule has 2 nitrogen and oxygen atoms in total. The number of aromatic nitrogens is 1. The highest BCUT2D eigenvalue weighted by molar-refractivity contribution is 6.19. The van der Waals surface area contributed by atoms with E-state index in [9.17, 15) is 0 Å². The number of rotatable bonds is 5. The lowest BCUT2D eigenvalue weighted by atomic mass is 9.83. The first kappa shape index (κ1) is 31.6. The molecule has 0 bridgehead atoms. The Labute approximate surface area is 321 Å². The van der Waals surface area contributed by atoms with Crippen LogP contribution in [0.1, 0.15) is 40.3 Å². The predicted molar refractivity (Wildman–Crippen MR) is 233 cm³/mol. The number of benzene rings is 8. The van der Waals surface area contributed by atoms with Crippen molar-refractivity contribution in [3.8, 4) is 16.8 Å². The van der Waals surface area contributed by atoms with E-state index < -0.39 is 0 Å². The van der Waals surface area contributed by atoms with Gasteiger partial charge >= 0.3 is 0 Å². The largest absolute Gasteiger partial charge is 0.374 e. The molecule has 0 saturated carbocycles. The van der Waals surface area contributed by atoms with Crippen molar-refractivity contribution in [2.24, 2.45) is 0 Å². The van der Waals surface area contributed by atoms with Gasteiger partial charge in [-0.25, -0.2) is 0 Å². The Balaban J connectivity index is 1.12. The summed E-state index contributed by atoms with van der Waals surface area (Å²) in [6, 6.07) is 62.2. The zero-order valence-electron chi connectivity index (χ0n) is 30.4. The van der Waals surface area contributed by atoms with Crippen molar-refractivity contribution < 1.29 is 0 Å². The van der Waals surface area contributed by atoms with Gasteiger partial charge in [0.2, 0.25) is 0 Å². The number of nitrogens with one attached hydrogen (secondary N) is 1. The van der Waals surface area contributed by atoms with Crippen LogP contribution in [0.4, 0.5) is 0 Å². The van der Waals surface area contributed by atoms with Crippen molar-refractivity contribution in [3.63, 3.8) is 0 Å². The van der Waals surface area contributed by atoms with E-state index in [-0.39, 0.29) is 6.04 Å². The summed E-state index contributed by atoms with van der Waals surface area (Å²) in [5, 5.41) is 11.8. The van der Waals surface area contributed by atoms with Crippen LogP contribution in [0.25, 0.3) is 77.5 Å². The van der Waals surface area contributed by atoms with E-state index in [1.807, 2.05) is 0 Å². The Morgan fingerprint density at radius 3 is 2.07 bits per heavy atom. The molecule has 1 aliphatic heterocycles. The number of fused-ring (bicyclic) bond motifs is 9. The van der Waals surface area contributed by atoms with Crippen molar-refractivity contribution >= 4 is 60.7 Å². The minimum atomic E-state index is 0.0165. The number of aryl methyl sites for hydroxylation is 1. The Morgan fingerprint density at radius 2 is 1.24 bits per heavy atom. The molecule has 0 amide bonds. The van der Waals surface area contributed by atoms with Gasteiger partial charge in [0, 0.05) is 22.2 Å². The van der Waals surface area contributed by atoms with Gasteiger partial charge < -0.3 is 9.88 Å².